The number of thiazole rings is 1. The molecule has 0 fully saturated rings. The van der Waals surface area contributed by atoms with Gasteiger partial charge in [0.15, 0.2) is 4.34 Å². The number of thioether (sulfide) groups is 1. The molecule has 4 aromatic carbocycles. The average molecular weight is 524 g/mol. The zero-order valence-electron chi connectivity index (χ0n) is 20.2. The number of nitrogens with one attached hydrogen (secondary N) is 2. The molecule has 1 aromatic heterocycles. The molecular formula is C30H25N3O2S2. The van der Waals surface area contributed by atoms with E-state index in [-0.39, 0.29) is 23.6 Å². The van der Waals surface area contributed by atoms with Crippen LogP contribution in [-0.2, 0) is 4.79 Å². The molecule has 184 valence electrons. The van der Waals surface area contributed by atoms with Gasteiger partial charge >= 0.3 is 0 Å². The Morgan fingerprint density at radius 1 is 0.865 bits per heavy atom. The van der Waals surface area contributed by atoms with Crippen LogP contribution in [0, 0.1) is 6.92 Å². The van der Waals surface area contributed by atoms with Gasteiger partial charge in [-0.3, -0.25) is 9.59 Å². The highest BCUT2D eigenvalue weighted by Gasteiger charge is 2.17. The molecule has 0 saturated carbocycles. The van der Waals surface area contributed by atoms with Gasteiger partial charge in [0.25, 0.3) is 5.91 Å². The van der Waals surface area contributed by atoms with Crippen LogP contribution in [0.2, 0.25) is 0 Å². The minimum atomic E-state index is -0.217. The van der Waals surface area contributed by atoms with Crippen LogP contribution < -0.4 is 10.6 Å². The summed E-state index contributed by atoms with van der Waals surface area (Å²) in [5, 5.41) is 6.15. The Morgan fingerprint density at radius 3 is 2.19 bits per heavy atom. The number of hydrogen-bond acceptors (Lipinski definition) is 5. The molecule has 5 aromatic rings. The minimum Gasteiger partial charge on any atom is -0.344 e. The largest absolute Gasteiger partial charge is 0.344 e. The molecule has 0 spiro atoms. The van der Waals surface area contributed by atoms with E-state index in [2.05, 4.69) is 15.6 Å². The van der Waals surface area contributed by atoms with E-state index in [0.717, 1.165) is 31.2 Å². The number of aromatic nitrogens is 1. The van der Waals surface area contributed by atoms with Crippen molar-refractivity contribution in [3.63, 3.8) is 0 Å². The average Bonchev–Trinajstić information content (AvgIpc) is 3.34. The number of hydrogen-bond donors (Lipinski definition) is 2. The van der Waals surface area contributed by atoms with Crippen LogP contribution in [0.15, 0.2) is 107 Å². The molecule has 2 amide bonds. The summed E-state index contributed by atoms with van der Waals surface area (Å²) >= 11 is 2.92. The van der Waals surface area contributed by atoms with Crippen LogP contribution in [0.5, 0.6) is 0 Å². The predicted octanol–water partition coefficient (Wildman–Crippen LogP) is 6.85. The number of rotatable bonds is 8. The van der Waals surface area contributed by atoms with Crippen molar-refractivity contribution in [1.82, 2.24) is 10.3 Å². The van der Waals surface area contributed by atoms with E-state index in [1.165, 1.54) is 23.1 Å². The van der Waals surface area contributed by atoms with Gasteiger partial charge < -0.3 is 10.6 Å². The molecule has 0 radical (unpaired) electrons. The summed E-state index contributed by atoms with van der Waals surface area (Å²) in [5.74, 6) is 0.0557. The van der Waals surface area contributed by atoms with Gasteiger partial charge in [0.1, 0.15) is 0 Å². The number of aryl methyl sites for hydroxylation is 1. The maximum atomic E-state index is 12.9. The van der Waals surface area contributed by atoms with Gasteiger partial charge in [-0.1, -0.05) is 90.6 Å². The standard InChI is InChI=1S/C30H25N3O2S2/c1-20-10-8-9-15-24(20)29(35)31-23-16-17-25-26(18-23)37-30(32-25)36-19-27(34)33-28(21-11-4-2-5-12-21)22-13-6-3-7-14-22/h2-18,28H,19H2,1H3,(H,31,35)(H,33,34). The van der Waals surface area contributed by atoms with Crippen molar-refractivity contribution in [2.24, 2.45) is 0 Å². The molecule has 0 atom stereocenters. The van der Waals surface area contributed by atoms with Crippen molar-refractivity contribution in [2.75, 3.05) is 11.1 Å². The van der Waals surface area contributed by atoms with Gasteiger partial charge in [-0.25, -0.2) is 4.98 Å². The smallest absolute Gasteiger partial charge is 0.255 e. The lowest BCUT2D eigenvalue weighted by atomic mass is 9.99. The highest BCUT2D eigenvalue weighted by atomic mass is 32.2. The first kappa shape index (κ1) is 24.7. The molecule has 0 aliphatic carbocycles. The Bertz CT molecular complexity index is 1500. The van der Waals surface area contributed by atoms with Gasteiger partial charge in [-0.2, -0.15) is 0 Å². The van der Waals surface area contributed by atoms with E-state index in [1.54, 1.807) is 0 Å². The Balaban J connectivity index is 1.24. The third kappa shape index (κ3) is 6.07. The summed E-state index contributed by atoms with van der Waals surface area (Å²) in [6.07, 6.45) is 0. The number of fused-ring (bicyclic) bond motifs is 1. The van der Waals surface area contributed by atoms with Crippen molar-refractivity contribution in [3.8, 4) is 0 Å². The zero-order valence-corrected chi connectivity index (χ0v) is 21.8. The van der Waals surface area contributed by atoms with Gasteiger partial charge in [0.05, 0.1) is 22.0 Å². The van der Waals surface area contributed by atoms with Crippen molar-refractivity contribution >= 4 is 50.8 Å². The molecule has 0 saturated heterocycles. The molecule has 5 nitrogen and oxygen atoms in total. The quantitative estimate of drug-likeness (QED) is 0.218. The lowest BCUT2D eigenvalue weighted by molar-refractivity contribution is -0.119. The molecule has 7 heteroatoms. The third-order valence-corrected chi connectivity index (χ3v) is 8.08. The third-order valence-electron chi connectivity index (χ3n) is 5.91. The predicted molar refractivity (Wildman–Crippen MR) is 152 cm³/mol. The fourth-order valence-corrected chi connectivity index (χ4v) is 5.97. The molecule has 5 rings (SSSR count). The van der Waals surface area contributed by atoms with Crippen LogP contribution in [-0.4, -0.2) is 22.6 Å². The molecule has 0 aliphatic heterocycles. The summed E-state index contributed by atoms with van der Waals surface area (Å²) < 4.78 is 1.76. The topological polar surface area (TPSA) is 71.1 Å². The van der Waals surface area contributed by atoms with Gasteiger partial charge in [0, 0.05) is 11.3 Å². The summed E-state index contributed by atoms with van der Waals surface area (Å²) in [5.41, 5.74) is 5.20. The normalized spacial score (nSPS) is 11.0. The Hall–Kier alpha value is -3.94. The van der Waals surface area contributed by atoms with Crippen molar-refractivity contribution < 1.29 is 9.59 Å². The summed E-state index contributed by atoms with van der Waals surface area (Å²) in [4.78, 5) is 30.3. The second kappa shape index (κ2) is 11.4. The van der Waals surface area contributed by atoms with Gasteiger partial charge in [0.2, 0.25) is 5.91 Å². The van der Waals surface area contributed by atoms with Crippen molar-refractivity contribution in [2.45, 2.75) is 17.3 Å². The first-order chi connectivity index (χ1) is 18.1. The van der Waals surface area contributed by atoms with E-state index in [9.17, 15) is 9.59 Å². The molecule has 1 heterocycles. The van der Waals surface area contributed by atoms with E-state index in [0.29, 0.717) is 11.3 Å². The van der Waals surface area contributed by atoms with E-state index in [1.807, 2.05) is 110 Å². The number of carbonyl (C=O) groups is 2. The number of amides is 2. The maximum absolute atomic E-state index is 12.9. The summed E-state index contributed by atoms with van der Waals surface area (Å²) in [6, 6.07) is 32.9. The number of nitrogens with zero attached hydrogens (tertiary/aromatic N) is 1. The summed E-state index contributed by atoms with van der Waals surface area (Å²) in [7, 11) is 0. The molecule has 0 unspecified atom stereocenters. The van der Waals surface area contributed by atoms with E-state index >= 15 is 0 Å². The van der Waals surface area contributed by atoms with Gasteiger partial charge in [-0.05, 0) is 47.9 Å². The van der Waals surface area contributed by atoms with Crippen LogP contribution in [0.4, 0.5) is 5.69 Å². The Morgan fingerprint density at radius 2 is 1.51 bits per heavy atom. The summed E-state index contributed by atoms with van der Waals surface area (Å²) in [6.45, 7) is 1.92. The molecular weight excluding hydrogens is 498 g/mol. The van der Waals surface area contributed by atoms with E-state index < -0.39 is 0 Å². The molecule has 2 N–H and O–H groups in total. The fourth-order valence-electron chi connectivity index (χ4n) is 4.05. The second-order valence-corrected chi connectivity index (χ2v) is 10.8. The second-order valence-electron chi connectivity index (χ2n) is 8.54. The highest BCUT2D eigenvalue weighted by Crippen LogP contribution is 2.32. The molecule has 0 bridgehead atoms. The Labute approximate surface area is 224 Å². The van der Waals surface area contributed by atoms with Crippen LogP contribution in [0.3, 0.4) is 0 Å². The maximum Gasteiger partial charge on any atom is 0.255 e. The van der Waals surface area contributed by atoms with Crippen molar-refractivity contribution in [1.29, 1.82) is 0 Å². The highest BCUT2D eigenvalue weighted by molar-refractivity contribution is 8.01. The first-order valence-corrected chi connectivity index (χ1v) is 13.7. The number of benzene rings is 4. The van der Waals surface area contributed by atoms with Crippen LogP contribution in [0.1, 0.15) is 33.1 Å². The lowest BCUT2D eigenvalue weighted by Gasteiger charge is -2.19. The fraction of sp³-hybridized carbons (Fsp3) is 0.100. The minimum absolute atomic E-state index is 0.0619. The first-order valence-electron chi connectivity index (χ1n) is 11.9. The zero-order chi connectivity index (χ0) is 25.6. The molecule has 0 aliphatic rings. The molecule has 37 heavy (non-hydrogen) atoms. The van der Waals surface area contributed by atoms with Crippen LogP contribution in [0.25, 0.3) is 10.2 Å². The lowest BCUT2D eigenvalue weighted by Crippen LogP contribution is -2.30. The van der Waals surface area contributed by atoms with Gasteiger partial charge in [-0.15, -0.1) is 11.3 Å². The van der Waals surface area contributed by atoms with E-state index in [4.69, 9.17) is 0 Å². The monoisotopic (exact) mass is 523 g/mol. The van der Waals surface area contributed by atoms with Crippen molar-refractivity contribution in [3.05, 3.63) is 125 Å². The number of anilines is 1. The number of carbonyl (C=O) groups excluding carboxylic acids is 2. The Kier molecular flexibility index (Phi) is 7.63. The van der Waals surface area contributed by atoms with Crippen LogP contribution >= 0.6 is 23.1 Å². The SMILES string of the molecule is Cc1ccccc1C(=O)Nc1ccc2nc(SCC(=O)NC(c3ccccc3)c3ccccc3)sc2c1.